The maximum absolute atomic E-state index is 12.2. The Hall–Kier alpha value is -1.39. The van der Waals surface area contributed by atoms with Gasteiger partial charge in [0, 0.05) is 32.7 Å². The highest BCUT2D eigenvalue weighted by atomic mass is 16.2. The van der Waals surface area contributed by atoms with Crippen molar-refractivity contribution in [3.05, 3.63) is 35.4 Å². The molecule has 4 heteroatoms. The predicted molar refractivity (Wildman–Crippen MR) is 84.2 cm³/mol. The van der Waals surface area contributed by atoms with Gasteiger partial charge in [0.25, 0.3) is 0 Å². The molecule has 1 heterocycles. The number of nitrogens with one attached hydrogen (secondary N) is 2. The minimum Gasteiger partial charge on any atom is -0.355 e. The molecule has 1 atom stereocenters. The first-order valence-electron chi connectivity index (χ1n) is 8.09. The van der Waals surface area contributed by atoms with Gasteiger partial charge in [0.1, 0.15) is 6.04 Å². The van der Waals surface area contributed by atoms with Crippen LogP contribution in [-0.2, 0) is 11.3 Å². The summed E-state index contributed by atoms with van der Waals surface area (Å²) in [6.07, 6.45) is 2.69. The SMILES string of the molecule is CCNC(=O)C1CNCCN1Cc1ccc(C2CC2)cc1. The number of carbonyl (C=O) groups is 1. The fourth-order valence-corrected chi connectivity index (χ4v) is 3.03. The van der Waals surface area contributed by atoms with Crippen LogP contribution in [0.5, 0.6) is 0 Å². The second kappa shape index (κ2) is 6.58. The molecule has 1 saturated heterocycles. The van der Waals surface area contributed by atoms with Crippen molar-refractivity contribution in [2.24, 2.45) is 0 Å². The molecule has 1 amide bonds. The van der Waals surface area contributed by atoms with E-state index in [4.69, 9.17) is 0 Å². The maximum Gasteiger partial charge on any atom is 0.238 e. The fourth-order valence-electron chi connectivity index (χ4n) is 3.03. The fraction of sp³-hybridized carbons (Fsp3) is 0.588. The molecule has 2 fully saturated rings. The Balaban J connectivity index is 1.64. The Morgan fingerprint density at radius 1 is 1.33 bits per heavy atom. The molecule has 1 aromatic rings. The lowest BCUT2D eigenvalue weighted by atomic mass is 10.1. The molecule has 0 radical (unpaired) electrons. The summed E-state index contributed by atoms with van der Waals surface area (Å²) in [7, 11) is 0. The standard InChI is InChI=1S/C17H25N3O/c1-2-19-17(21)16-11-18-9-10-20(16)12-13-3-5-14(6-4-13)15-7-8-15/h3-6,15-16,18H,2,7-12H2,1H3,(H,19,21). The van der Waals surface area contributed by atoms with Crippen LogP contribution in [0.3, 0.4) is 0 Å². The highest BCUT2D eigenvalue weighted by molar-refractivity contribution is 5.82. The molecule has 4 nitrogen and oxygen atoms in total. The van der Waals surface area contributed by atoms with Gasteiger partial charge in [-0.1, -0.05) is 24.3 Å². The lowest BCUT2D eigenvalue weighted by Crippen LogP contribution is -2.57. The van der Waals surface area contributed by atoms with Gasteiger partial charge in [-0.2, -0.15) is 0 Å². The molecule has 114 valence electrons. The zero-order valence-electron chi connectivity index (χ0n) is 12.8. The van der Waals surface area contributed by atoms with E-state index < -0.39 is 0 Å². The molecule has 1 aliphatic carbocycles. The van der Waals surface area contributed by atoms with Crippen LogP contribution in [-0.4, -0.2) is 43.0 Å². The van der Waals surface area contributed by atoms with Crippen LogP contribution in [0.2, 0.25) is 0 Å². The van der Waals surface area contributed by atoms with Gasteiger partial charge >= 0.3 is 0 Å². The third kappa shape index (κ3) is 3.63. The lowest BCUT2D eigenvalue weighted by molar-refractivity contribution is -0.127. The molecule has 1 aromatic carbocycles. The van der Waals surface area contributed by atoms with E-state index >= 15 is 0 Å². The Morgan fingerprint density at radius 2 is 2.10 bits per heavy atom. The van der Waals surface area contributed by atoms with E-state index in [1.807, 2.05) is 6.92 Å². The van der Waals surface area contributed by atoms with Crippen molar-refractivity contribution in [3.8, 4) is 0 Å². The summed E-state index contributed by atoms with van der Waals surface area (Å²) in [5.41, 5.74) is 2.77. The van der Waals surface area contributed by atoms with Crippen molar-refractivity contribution in [3.63, 3.8) is 0 Å². The summed E-state index contributed by atoms with van der Waals surface area (Å²) in [6.45, 7) is 6.14. The predicted octanol–water partition coefficient (Wildman–Crippen LogP) is 1.47. The topological polar surface area (TPSA) is 44.4 Å². The zero-order valence-corrected chi connectivity index (χ0v) is 12.8. The van der Waals surface area contributed by atoms with Crippen molar-refractivity contribution in [1.29, 1.82) is 0 Å². The first-order chi connectivity index (χ1) is 10.3. The molecule has 1 aliphatic heterocycles. The Bertz CT molecular complexity index is 481. The summed E-state index contributed by atoms with van der Waals surface area (Å²) in [4.78, 5) is 14.4. The molecule has 2 aliphatic rings. The number of benzene rings is 1. The van der Waals surface area contributed by atoms with Gasteiger partial charge < -0.3 is 10.6 Å². The first kappa shape index (κ1) is 14.5. The molecular formula is C17H25N3O. The van der Waals surface area contributed by atoms with Crippen LogP contribution in [0.15, 0.2) is 24.3 Å². The van der Waals surface area contributed by atoms with Crippen molar-refractivity contribution < 1.29 is 4.79 Å². The van der Waals surface area contributed by atoms with Crippen molar-refractivity contribution >= 4 is 5.91 Å². The first-order valence-corrected chi connectivity index (χ1v) is 8.09. The van der Waals surface area contributed by atoms with E-state index in [1.54, 1.807) is 0 Å². The molecule has 2 N–H and O–H groups in total. The number of rotatable bonds is 5. The van der Waals surface area contributed by atoms with Crippen LogP contribution in [0.25, 0.3) is 0 Å². The highest BCUT2D eigenvalue weighted by Gasteiger charge is 2.28. The molecule has 0 aromatic heterocycles. The van der Waals surface area contributed by atoms with Gasteiger partial charge in [0.15, 0.2) is 0 Å². The van der Waals surface area contributed by atoms with E-state index in [2.05, 4.69) is 39.8 Å². The van der Waals surface area contributed by atoms with Crippen molar-refractivity contribution in [2.75, 3.05) is 26.2 Å². The van der Waals surface area contributed by atoms with E-state index in [1.165, 1.54) is 24.0 Å². The average Bonchev–Trinajstić information content (AvgIpc) is 3.33. The number of likely N-dealkylation sites (N-methyl/N-ethyl adjacent to an activating group) is 1. The Labute approximate surface area is 126 Å². The minimum absolute atomic E-state index is 0.0539. The van der Waals surface area contributed by atoms with Gasteiger partial charge in [-0.15, -0.1) is 0 Å². The molecule has 3 rings (SSSR count). The molecule has 0 bridgehead atoms. The minimum atomic E-state index is -0.0539. The summed E-state index contributed by atoms with van der Waals surface area (Å²) in [5.74, 6) is 0.945. The second-order valence-electron chi connectivity index (χ2n) is 6.10. The number of hydrogen-bond acceptors (Lipinski definition) is 3. The number of carbonyl (C=O) groups excluding carboxylic acids is 1. The zero-order chi connectivity index (χ0) is 14.7. The Kier molecular flexibility index (Phi) is 4.56. The van der Waals surface area contributed by atoms with Crippen LogP contribution in [0.1, 0.15) is 36.8 Å². The third-order valence-electron chi connectivity index (χ3n) is 4.42. The summed E-state index contributed by atoms with van der Waals surface area (Å²) in [6, 6.07) is 8.92. The summed E-state index contributed by atoms with van der Waals surface area (Å²) in [5, 5.41) is 6.26. The van der Waals surface area contributed by atoms with Gasteiger partial charge in [-0.25, -0.2) is 0 Å². The normalized spacial score (nSPS) is 23.0. The van der Waals surface area contributed by atoms with Gasteiger partial charge in [0.2, 0.25) is 5.91 Å². The average molecular weight is 287 g/mol. The van der Waals surface area contributed by atoms with Gasteiger partial charge in [-0.3, -0.25) is 9.69 Å². The van der Waals surface area contributed by atoms with Crippen LogP contribution in [0, 0.1) is 0 Å². The van der Waals surface area contributed by atoms with Gasteiger partial charge in [0.05, 0.1) is 0 Å². The maximum atomic E-state index is 12.2. The number of amides is 1. The van der Waals surface area contributed by atoms with E-state index in [0.29, 0.717) is 6.54 Å². The number of piperazine rings is 1. The summed E-state index contributed by atoms with van der Waals surface area (Å²) >= 11 is 0. The van der Waals surface area contributed by atoms with Crippen LogP contribution < -0.4 is 10.6 Å². The number of nitrogens with zero attached hydrogens (tertiary/aromatic N) is 1. The van der Waals surface area contributed by atoms with Crippen molar-refractivity contribution in [2.45, 2.75) is 38.3 Å². The van der Waals surface area contributed by atoms with Crippen molar-refractivity contribution in [1.82, 2.24) is 15.5 Å². The quantitative estimate of drug-likeness (QED) is 0.862. The molecule has 0 spiro atoms. The van der Waals surface area contributed by atoms with Gasteiger partial charge in [-0.05, 0) is 36.8 Å². The molecule has 1 unspecified atom stereocenters. The Morgan fingerprint density at radius 3 is 2.76 bits per heavy atom. The number of hydrogen-bond donors (Lipinski definition) is 2. The smallest absolute Gasteiger partial charge is 0.238 e. The highest BCUT2D eigenvalue weighted by Crippen LogP contribution is 2.39. The second-order valence-corrected chi connectivity index (χ2v) is 6.10. The van der Waals surface area contributed by atoms with E-state index in [9.17, 15) is 4.79 Å². The molecule has 1 saturated carbocycles. The monoisotopic (exact) mass is 287 g/mol. The van der Waals surface area contributed by atoms with E-state index in [-0.39, 0.29) is 11.9 Å². The van der Waals surface area contributed by atoms with Crippen LogP contribution >= 0.6 is 0 Å². The van der Waals surface area contributed by atoms with E-state index in [0.717, 1.165) is 32.1 Å². The summed E-state index contributed by atoms with van der Waals surface area (Å²) < 4.78 is 0. The lowest BCUT2D eigenvalue weighted by Gasteiger charge is -2.35. The molecule has 21 heavy (non-hydrogen) atoms. The third-order valence-corrected chi connectivity index (χ3v) is 4.42. The largest absolute Gasteiger partial charge is 0.355 e. The van der Waals surface area contributed by atoms with Crippen LogP contribution in [0.4, 0.5) is 0 Å². The molecular weight excluding hydrogens is 262 g/mol.